The number of hydrogen-bond donors (Lipinski definition) is 2. The zero-order valence-electron chi connectivity index (χ0n) is 12.2. The third kappa shape index (κ3) is 2.93. The van der Waals surface area contributed by atoms with E-state index < -0.39 is 5.97 Å². The molecule has 5 heteroatoms. The fourth-order valence-electron chi connectivity index (χ4n) is 3.08. The summed E-state index contributed by atoms with van der Waals surface area (Å²) in [5.41, 5.74) is 1.86. The number of carboxylic acid groups (broad SMARTS) is 1. The lowest BCUT2D eigenvalue weighted by Gasteiger charge is -2.12. The fraction of sp³-hybridized carbons (Fsp3) is 0.353. The van der Waals surface area contributed by atoms with E-state index in [9.17, 15) is 9.59 Å². The molecule has 1 fully saturated rings. The Labute approximate surface area is 128 Å². The molecule has 0 saturated heterocycles. The lowest BCUT2D eigenvalue weighted by Crippen LogP contribution is -2.29. The number of carbonyl (C=O) groups is 2. The van der Waals surface area contributed by atoms with Gasteiger partial charge in [0.05, 0.1) is 11.4 Å². The number of para-hydroxylation sites is 1. The van der Waals surface area contributed by atoms with Crippen molar-refractivity contribution >= 4 is 22.8 Å². The number of pyridine rings is 1. The number of carbonyl (C=O) groups excluding carboxylic acids is 1. The van der Waals surface area contributed by atoms with Gasteiger partial charge in [0.15, 0.2) is 0 Å². The number of fused-ring (bicyclic) bond motifs is 1. The number of aliphatic carboxylic acids is 1. The molecule has 2 atom stereocenters. The van der Waals surface area contributed by atoms with E-state index in [0.29, 0.717) is 25.8 Å². The fourth-order valence-corrected chi connectivity index (χ4v) is 3.08. The maximum Gasteiger partial charge on any atom is 0.306 e. The predicted molar refractivity (Wildman–Crippen MR) is 82.1 cm³/mol. The summed E-state index contributed by atoms with van der Waals surface area (Å²) in [5, 5.41) is 13.0. The Morgan fingerprint density at radius 2 is 1.95 bits per heavy atom. The zero-order chi connectivity index (χ0) is 15.5. The van der Waals surface area contributed by atoms with E-state index in [-0.39, 0.29) is 17.7 Å². The summed E-state index contributed by atoms with van der Waals surface area (Å²) in [6.45, 7) is 0.418. The van der Waals surface area contributed by atoms with E-state index in [4.69, 9.17) is 5.11 Å². The summed E-state index contributed by atoms with van der Waals surface area (Å²) in [5.74, 6) is -1.43. The minimum atomic E-state index is -0.798. The van der Waals surface area contributed by atoms with Gasteiger partial charge in [-0.3, -0.25) is 14.6 Å². The Morgan fingerprint density at radius 1 is 1.18 bits per heavy atom. The van der Waals surface area contributed by atoms with Gasteiger partial charge in [-0.2, -0.15) is 0 Å². The molecule has 114 valence electrons. The SMILES string of the molecule is O=C(O)[C@@H]1CC[C@H](C(=O)NCc2cccc3cccnc23)C1. The predicted octanol–water partition coefficient (Wildman–Crippen LogP) is 2.35. The van der Waals surface area contributed by atoms with Crippen LogP contribution >= 0.6 is 0 Å². The van der Waals surface area contributed by atoms with Crippen LogP contribution < -0.4 is 5.32 Å². The highest BCUT2D eigenvalue weighted by molar-refractivity contribution is 5.83. The molecule has 1 aliphatic carbocycles. The van der Waals surface area contributed by atoms with Gasteiger partial charge in [-0.25, -0.2) is 0 Å². The third-order valence-electron chi connectivity index (χ3n) is 4.32. The Hall–Kier alpha value is -2.43. The van der Waals surface area contributed by atoms with Crippen molar-refractivity contribution in [3.63, 3.8) is 0 Å². The molecule has 3 rings (SSSR count). The van der Waals surface area contributed by atoms with Gasteiger partial charge in [-0.15, -0.1) is 0 Å². The maximum absolute atomic E-state index is 12.2. The summed E-state index contributed by atoms with van der Waals surface area (Å²) < 4.78 is 0. The zero-order valence-corrected chi connectivity index (χ0v) is 12.2. The molecule has 0 radical (unpaired) electrons. The first-order valence-corrected chi connectivity index (χ1v) is 7.48. The lowest BCUT2D eigenvalue weighted by atomic mass is 10.0. The van der Waals surface area contributed by atoms with Gasteiger partial charge in [0.1, 0.15) is 0 Å². The molecular formula is C17H18N2O3. The smallest absolute Gasteiger partial charge is 0.306 e. The largest absolute Gasteiger partial charge is 0.481 e. The van der Waals surface area contributed by atoms with Crippen LogP contribution in [0.5, 0.6) is 0 Å². The third-order valence-corrected chi connectivity index (χ3v) is 4.32. The van der Waals surface area contributed by atoms with Gasteiger partial charge in [-0.1, -0.05) is 24.3 Å². The quantitative estimate of drug-likeness (QED) is 0.908. The van der Waals surface area contributed by atoms with E-state index in [2.05, 4.69) is 10.3 Å². The molecule has 2 N–H and O–H groups in total. The molecule has 1 saturated carbocycles. The van der Waals surface area contributed by atoms with Gasteiger partial charge >= 0.3 is 5.97 Å². The highest BCUT2D eigenvalue weighted by Gasteiger charge is 2.33. The van der Waals surface area contributed by atoms with Crippen molar-refractivity contribution in [2.45, 2.75) is 25.8 Å². The summed E-state index contributed by atoms with van der Waals surface area (Å²) in [4.78, 5) is 27.5. The van der Waals surface area contributed by atoms with Crippen molar-refractivity contribution in [1.82, 2.24) is 10.3 Å². The van der Waals surface area contributed by atoms with Crippen LogP contribution in [0.25, 0.3) is 10.9 Å². The molecule has 1 aromatic heterocycles. The number of rotatable bonds is 4. The number of benzene rings is 1. The summed E-state index contributed by atoms with van der Waals surface area (Å²) in [6, 6.07) is 9.76. The molecule has 5 nitrogen and oxygen atoms in total. The van der Waals surface area contributed by atoms with E-state index >= 15 is 0 Å². The average Bonchev–Trinajstić information content (AvgIpc) is 3.03. The molecule has 1 amide bonds. The summed E-state index contributed by atoms with van der Waals surface area (Å²) in [7, 11) is 0. The van der Waals surface area contributed by atoms with E-state index in [1.165, 1.54) is 0 Å². The van der Waals surface area contributed by atoms with Crippen molar-refractivity contribution in [3.8, 4) is 0 Å². The van der Waals surface area contributed by atoms with Crippen LogP contribution in [0.15, 0.2) is 36.5 Å². The normalized spacial score (nSPS) is 20.9. The van der Waals surface area contributed by atoms with Crippen LogP contribution in [0.4, 0.5) is 0 Å². The second-order valence-corrected chi connectivity index (χ2v) is 5.76. The molecular weight excluding hydrogens is 280 g/mol. The van der Waals surface area contributed by atoms with Gasteiger partial charge in [0, 0.05) is 24.0 Å². The second-order valence-electron chi connectivity index (χ2n) is 5.76. The van der Waals surface area contributed by atoms with E-state index in [1.807, 2.05) is 30.3 Å². The topological polar surface area (TPSA) is 79.3 Å². The Balaban J connectivity index is 1.65. The monoisotopic (exact) mass is 298 g/mol. The molecule has 1 heterocycles. The molecule has 0 bridgehead atoms. The van der Waals surface area contributed by atoms with Gasteiger partial charge in [0.2, 0.25) is 5.91 Å². The Morgan fingerprint density at radius 3 is 2.73 bits per heavy atom. The lowest BCUT2D eigenvalue weighted by molar-refractivity contribution is -0.141. The first-order chi connectivity index (χ1) is 10.6. The van der Waals surface area contributed by atoms with Crippen molar-refractivity contribution in [2.24, 2.45) is 11.8 Å². The number of nitrogens with zero attached hydrogens (tertiary/aromatic N) is 1. The highest BCUT2D eigenvalue weighted by atomic mass is 16.4. The first-order valence-electron chi connectivity index (χ1n) is 7.48. The average molecular weight is 298 g/mol. The molecule has 22 heavy (non-hydrogen) atoms. The first kappa shape index (κ1) is 14.5. The number of amides is 1. The van der Waals surface area contributed by atoms with Gasteiger partial charge < -0.3 is 10.4 Å². The maximum atomic E-state index is 12.2. The molecule has 0 aliphatic heterocycles. The van der Waals surface area contributed by atoms with Crippen LogP contribution in [0.3, 0.4) is 0 Å². The minimum absolute atomic E-state index is 0.0586. The molecule has 0 unspecified atom stereocenters. The summed E-state index contributed by atoms with van der Waals surface area (Å²) >= 11 is 0. The Bertz CT molecular complexity index is 709. The molecule has 0 spiro atoms. The summed E-state index contributed by atoms with van der Waals surface area (Å²) in [6.07, 6.45) is 3.41. The second kappa shape index (κ2) is 6.13. The standard InChI is InChI=1S/C17H18N2O3/c20-16(12-6-7-13(9-12)17(21)22)19-10-14-4-1-3-11-5-2-8-18-15(11)14/h1-5,8,12-13H,6-7,9-10H2,(H,19,20)(H,21,22)/t12-,13+/m0/s1. The number of hydrogen-bond acceptors (Lipinski definition) is 3. The Kier molecular flexibility index (Phi) is 4.04. The minimum Gasteiger partial charge on any atom is -0.481 e. The number of carboxylic acids is 1. The van der Waals surface area contributed by atoms with Crippen LogP contribution in [0.2, 0.25) is 0 Å². The van der Waals surface area contributed by atoms with Crippen LogP contribution in [-0.2, 0) is 16.1 Å². The molecule has 1 aliphatic rings. The number of nitrogens with one attached hydrogen (secondary N) is 1. The van der Waals surface area contributed by atoms with Crippen molar-refractivity contribution in [1.29, 1.82) is 0 Å². The van der Waals surface area contributed by atoms with E-state index in [0.717, 1.165) is 16.5 Å². The van der Waals surface area contributed by atoms with Crippen LogP contribution in [0.1, 0.15) is 24.8 Å². The molecule has 2 aromatic rings. The molecule has 1 aromatic carbocycles. The van der Waals surface area contributed by atoms with E-state index in [1.54, 1.807) is 6.20 Å². The van der Waals surface area contributed by atoms with Crippen molar-refractivity contribution in [2.75, 3.05) is 0 Å². The van der Waals surface area contributed by atoms with Crippen LogP contribution in [-0.4, -0.2) is 22.0 Å². The highest BCUT2D eigenvalue weighted by Crippen LogP contribution is 2.31. The van der Waals surface area contributed by atoms with Crippen molar-refractivity contribution < 1.29 is 14.7 Å². The van der Waals surface area contributed by atoms with Crippen molar-refractivity contribution in [3.05, 3.63) is 42.1 Å². The van der Waals surface area contributed by atoms with Gasteiger partial charge in [0.25, 0.3) is 0 Å². The van der Waals surface area contributed by atoms with Crippen LogP contribution in [0, 0.1) is 11.8 Å². The number of aromatic nitrogens is 1. The van der Waals surface area contributed by atoms with Gasteiger partial charge in [-0.05, 0) is 30.9 Å².